The third kappa shape index (κ3) is 1.10. The molecule has 0 unspecified atom stereocenters. The van der Waals surface area contributed by atoms with Gasteiger partial charge in [0.2, 0.25) is 5.88 Å². The van der Waals surface area contributed by atoms with Crippen molar-refractivity contribution in [1.82, 2.24) is 4.98 Å². The summed E-state index contributed by atoms with van der Waals surface area (Å²) >= 11 is 0. The molecule has 1 aromatic heterocycles. The number of ether oxygens (including phenoxy) is 1. The number of anilines is 1. The fourth-order valence-electron chi connectivity index (χ4n) is 0.366. The zero-order valence-corrected chi connectivity index (χ0v) is 4.43. The molecule has 0 atom stereocenters. The number of nitrogens with zero attached hydrogens (tertiary/aromatic N) is 1. The van der Waals surface area contributed by atoms with E-state index in [4.69, 9.17) is 14.0 Å². The molecular formula is C6H8N2O. The molecule has 0 saturated heterocycles. The number of hydrogen-bond acceptors (Lipinski definition) is 3. The van der Waals surface area contributed by atoms with Crippen LogP contribution in [0.3, 0.4) is 0 Å². The van der Waals surface area contributed by atoms with E-state index in [0.29, 0.717) is 0 Å². The molecule has 0 bridgehead atoms. The highest BCUT2D eigenvalue weighted by molar-refractivity contribution is 5.46. The average molecular weight is 130 g/mol. The molecule has 1 aromatic rings. The highest BCUT2D eigenvalue weighted by Crippen LogP contribution is 2.13. The Kier molecular flexibility index (Phi) is 0.487. The summed E-state index contributed by atoms with van der Waals surface area (Å²) in [6, 6.07) is -0.931. The lowest BCUT2D eigenvalue weighted by Gasteiger charge is -1.98. The molecule has 0 radical (unpaired) electrons. The minimum Gasteiger partial charge on any atom is -0.480 e. The zero-order chi connectivity index (χ0) is 11.8. The second-order valence-electron chi connectivity index (χ2n) is 1.29. The molecule has 1 heterocycles. The SMILES string of the molecule is [2H]c1nc(OC([2H])([2H])[2H])c(N)c([2H])c1[2H]. The number of aromatic nitrogens is 1. The van der Waals surface area contributed by atoms with E-state index in [1.807, 2.05) is 0 Å². The molecule has 0 amide bonds. The summed E-state index contributed by atoms with van der Waals surface area (Å²) in [6.07, 6.45) is -0.548. The lowest BCUT2D eigenvalue weighted by molar-refractivity contribution is 0.400. The lowest BCUT2D eigenvalue weighted by Crippen LogP contribution is -1.93. The third-order valence-electron chi connectivity index (χ3n) is 0.738. The van der Waals surface area contributed by atoms with Gasteiger partial charge in [-0.1, -0.05) is 0 Å². The van der Waals surface area contributed by atoms with E-state index in [0.717, 1.165) is 0 Å². The first kappa shape index (κ1) is 1.87. The summed E-state index contributed by atoms with van der Waals surface area (Å²) in [5.74, 6) is -0.513. The topological polar surface area (TPSA) is 48.1 Å². The Labute approximate surface area is 61.9 Å². The molecule has 0 fully saturated rings. The Morgan fingerprint density at radius 3 is 3.67 bits per heavy atom. The van der Waals surface area contributed by atoms with E-state index in [-0.39, 0.29) is 5.69 Å². The number of pyridine rings is 1. The highest BCUT2D eigenvalue weighted by atomic mass is 16.5. The predicted octanol–water partition coefficient (Wildman–Crippen LogP) is 0.672. The Morgan fingerprint density at radius 1 is 2.00 bits per heavy atom. The van der Waals surface area contributed by atoms with Gasteiger partial charge in [0.05, 0.1) is 20.9 Å². The van der Waals surface area contributed by atoms with Crippen LogP contribution in [0.5, 0.6) is 5.88 Å². The molecule has 0 aliphatic carbocycles. The monoisotopic (exact) mass is 130 g/mol. The van der Waals surface area contributed by atoms with Crippen molar-refractivity contribution >= 4 is 5.69 Å². The van der Waals surface area contributed by atoms with Crippen LogP contribution in [-0.2, 0) is 0 Å². The predicted molar refractivity (Wildman–Crippen MR) is 35.2 cm³/mol. The lowest BCUT2D eigenvalue weighted by atomic mass is 10.4. The van der Waals surface area contributed by atoms with Crippen LogP contribution >= 0.6 is 0 Å². The van der Waals surface area contributed by atoms with Gasteiger partial charge in [-0.05, 0) is 12.1 Å². The Hall–Kier alpha value is -1.25. The first-order valence-corrected chi connectivity index (χ1v) is 2.14. The quantitative estimate of drug-likeness (QED) is 0.608. The smallest absolute Gasteiger partial charge is 0.236 e. The maximum Gasteiger partial charge on any atom is 0.236 e. The van der Waals surface area contributed by atoms with E-state index in [2.05, 4.69) is 9.72 Å². The highest BCUT2D eigenvalue weighted by Gasteiger charge is 1.93. The van der Waals surface area contributed by atoms with Crippen molar-refractivity contribution in [3.05, 3.63) is 18.3 Å². The van der Waals surface area contributed by atoms with E-state index in [1.165, 1.54) is 0 Å². The number of rotatable bonds is 1. The van der Waals surface area contributed by atoms with E-state index >= 15 is 0 Å². The minimum absolute atomic E-state index is 0.355. The molecule has 48 valence electrons. The standard InChI is InChI=1S/C6H8N2O/c1-9-6-5(7)3-2-4-8-6/h2-4H,7H2,1H3/i1D3,2D,3D,4D. The van der Waals surface area contributed by atoms with Crippen molar-refractivity contribution in [2.24, 2.45) is 0 Å². The van der Waals surface area contributed by atoms with Crippen LogP contribution in [0.2, 0.25) is 0 Å². The molecule has 0 aliphatic heterocycles. The van der Waals surface area contributed by atoms with Crippen molar-refractivity contribution < 1.29 is 13.0 Å². The molecule has 0 saturated carbocycles. The molecule has 3 heteroatoms. The maximum absolute atomic E-state index is 7.30. The number of nitrogen functional groups attached to an aromatic ring is 1. The fourth-order valence-corrected chi connectivity index (χ4v) is 0.366. The average Bonchev–Trinajstić information content (AvgIpc) is 2.08. The van der Waals surface area contributed by atoms with Gasteiger partial charge in [-0.3, -0.25) is 0 Å². The van der Waals surface area contributed by atoms with Gasteiger partial charge in [-0.25, -0.2) is 4.98 Å². The van der Waals surface area contributed by atoms with E-state index in [1.54, 1.807) is 0 Å². The van der Waals surface area contributed by atoms with Gasteiger partial charge in [0, 0.05) is 6.17 Å². The van der Waals surface area contributed by atoms with Gasteiger partial charge in [0.15, 0.2) is 0 Å². The molecular weight excluding hydrogens is 116 g/mol. The van der Waals surface area contributed by atoms with E-state index < -0.39 is 31.2 Å². The fraction of sp³-hybridized carbons (Fsp3) is 0.167. The van der Waals surface area contributed by atoms with Gasteiger partial charge in [-0.2, -0.15) is 0 Å². The summed E-state index contributed by atoms with van der Waals surface area (Å²) in [6.45, 7) is 0. The summed E-state index contributed by atoms with van der Waals surface area (Å²) in [7, 11) is -2.75. The van der Waals surface area contributed by atoms with Gasteiger partial charge in [0.1, 0.15) is 0 Å². The third-order valence-corrected chi connectivity index (χ3v) is 0.738. The summed E-state index contributed by atoms with van der Waals surface area (Å²) in [4.78, 5) is 3.37. The van der Waals surface area contributed by atoms with Crippen LogP contribution in [0.4, 0.5) is 5.69 Å². The van der Waals surface area contributed by atoms with Crippen LogP contribution < -0.4 is 10.5 Å². The molecule has 9 heavy (non-hydrogen) atoms. The first-order chi connectivity index (χ1) is 6.72. The van der Waals surface area contributed by atoms with Crippen molar-refractivity contribution in [1.29, 1.82) is 0 Å². The van der Waals surface area contributed by atoms with Crippen LogP contribution in [0.25, 0.3) is 0 Å². The van der Waals surface area contributed by atoms with Crippen LogP contribution in [0.15, 0.2) is 18.3 Å². The number of nitrogens with two attached hydrogens (primary N) is 1. The second kappa shape index (κ2) is 2.35. The summed E-state index contributed by atoms with van der Waals surface area (Å²) in [5.41, 5.74) is 4.98. The molecule has 2 N–H and O–H groups in total. The van der Waals surface area contributed by atoms with Crippen LogP contribution in [0, 0.1) is 0 Å². The minimum atomic E-state index is -2.75. The summed E-state index contributed by atoms with van der Waals surface area (Å²) < 4.78 is 46.5. The number of hydrogen-bond donors (Lipinski definition) is 1. The van der Waals surface area contributed by atoms with Crippen molar-refractivity contribution in [2.45, 2.75) is 0 Å². The van der Waals surface area contributed by atoms with Crippen LogP contribution in [-0.4, -0.2) is 12.0 Å². The van der Waals surface area contributed by atoms with Gasteiger partial charge in [0.25, 0.3) is 0 Å². The Bertz CT molecular complexity index is 390. The largest absolute Gasteiger partial charge is 0.480 e. The molecule has 0 aliphatic rings. The summed E-state index contributed by atoms with van der Waals surface area (Å²) in [5, 5.41) is 0. The second-order valence-corrected chi connectivity index (χ2v) is 1.29. The number of methoxy groups -OCH3 is 1. The Balaban J connectivity index is 3.21. The van der Waals surface area contributed by atoms with Gasteiger partial charge < -0.3 is 10.5 Å². The normalized spacial score (nSPS) is 20.0. The van der Waals surface area contributed by atoms with Crippen LogP contribution in [0.1, 0.15) is 8.22 Å². The molecule has 3 nitrogen and oxygen atoms in total. The Morgan fingerprint density at radius 2 is 2.89 bits per heavy atom. The van der Waals surface area contributed by atoms with Crippen molar-refractivity contribution in [3.63, 3.8) is 0 Å². The molecule has 1 rings (SSSR count). The zero-order valence-electron chi connectivity index (χ0n) is 10.4. The van der Waals surface area contributed by atoms with Crippen molar-refractivity contribution in [2.75, 3.05) is 12.8 Å². The van der Waals surface area contributed by atoms with Gasteiger partial charge >= 0.3 is 0 Å². The van der Waals surface area contributed by atoms with Crippen molar-refractivity contribution in [3.8, 4) is 5.88 Å². The van der Waals surface area contributed by atoms with Gasteiger partial charge in [-0.15, -0.1) is 0 Å². The maximum atomic E-state index is 7.30. The van der Waals surface area contributed by atoms with E-state index in [9.17, 15) is 0 Å². The molecule has 0 aromatic carbocycles. The first-order valence-electron chi connectivity index (χ1n) is 5.14. The molecule has 0 spiro atoms.